The van der Waals surface area contributed by atoms with E-state index in [-0.39, 0.29) is 11.3 Å². The van der Waals surface area contributed by atoms with Crippen LogP contribution in [0.5, 0.6) is 5.75 Å². The first kappa shape index (κ1) is 21.2. The average Bonchev–Trinajstić information content (AvgIpc) is 3.34. The predicted molar refractivity (Wildman–Crippen MR) is 123 cm³/mol. The molecule has 1 aliphatic rings. The highest BCUT2D eigenvalue weighted by Gasteiger charge is 2.47. The zero-order chi connectivity index (χ0) is 22.3. The molecule has 158 valence electrons. The molecule has 7 heteroatoms. The normalized spacial score (nSPS) is 17.9. The number of Topliss-reactive ketones (excluding diaryl/α,β-unsaturated/α-hetero) is 1. The van der Waals surface area contributed by atoms with E-state index in [4.69, 9.17) is 16.3 Å². The molecule has 0 bridgehead atoms. The van der Waals surface area contributed by atoms with Crippen LogP contribution in [-0.4, -0.2) is 23.9 Å². The lowest BCUT2D eigenvalue weighted by Gasteiger charge is -2.25. The maximum Gasteiger partial charge on any atom is 0.300 e. The molecule has 1 aromatic heterocycles. The molecule has 4 rings (SSSR count). The van der Waals surface area contributed by atoms with Crippen LogP contribution in [0.4, 0.5) is 5.69 Å². The number of methoxy groups -OCH3 is 1. The Morgan fingerprint density at radius 2 is 1.81 bits per heavy atom. The molecular weight excluding hydrogens is 434 g/mol. The Kier molecular flexibility index (Phi) is 5.60. The third-order valence-electron chi connectivity index (χ3n) is 5.17. The van der Waals surface area contributed by atoms with Gasteiger partial charge in [-0.25, -0.2) is 0 Å². The first-order valence-electron chi connectivity index (χ1n) is 9.58. The molecule has 0 aliphatic carbocycles. The molecule has 0 saturated carbocycles. The highest BCUT2D eigenvalue weighted by molar-refractivity contribution is 7.10. The minimum atomic E-state index is -0.733. The van der Waals surface area contributed by atoms with Crippen LogP contribution in [0.15, 0.2) is 59.5 Å². The number of halogens is 1. The molecule has 2 aromatic carbocycles. The molecule has 0 radical (unpaired) electrons. The van der Waals surface area contributed by atoms with Gasteiger partial charge in [-0.15, -0.1) is 11.3 Å². The molecule has 1 saturated heterocycles. The third-order valence-corrected chi connectivity index (χ3v) is 6.40. The van der Waals surface area contributed by atoms with Gasteiger partial charge in [0.15, 0.2) is 0 Å². The Bertz CT molecular complexity index is 1200. The van der Waals surface area contributed by atoms with Crippen LogP contribution in [0.3, 0.4) is 0 Å². The van der Waals surface area contributed by atoms with Gasteiger partial charge in [0, 0.05) is 16.1 Å². The zero-order valence-corrected chi connectivity index (χ0v) is 18.8. The van der Waals surface area contributed by atoms with Gasteiger partial charge in [-0.1, -0.05) is 23.7 Å². The van der Waals surface area contributed by atoms with Crippen LogP contribution in [0.25, 0.3) is 5.76 Å². The van der Waals surface area contributed by atoms with E-state index in [1.807, 2.05) is 49.6 Å². The van der Waals surface area contributed by atoms with Crippen molar-refractivity contribution in [2.45, 2.75) is 19.9 Å². The molecule has 1 aliphatic heterocycles. The fourth-order valence-electron chi connectivity index (χ4n) is 3.87. The first-order chi connectivity index (χ1) is 14.8. The van der Waals surface area contributed by atoms with Crippen molar-refractivity contribution >= 4 is 46.1 Å². The molecule has 1 amide bonds. The molecule has 31 heavy (non-hydrogen) atoms. The van der Waals surface area contributed by atoms with Gasteiger partial charge in [-0.3, -0.25) is 14.5 Å². The summed E-state index contributed by atoms with van der Waals surface area (Å²) in [5.41, 5.74) is 2.96. The maximum absolute atomic E-state index is 13.1. The number of benzene rings is 2. The van der Waals surface area contributed by atoms with Crippen LogP contribution < -0.4 is 9.64 Å². The van der Waals surface area contributed by atoms with Crippen LogP contribution in [0.1, 0.15) is 27.6 Å². The Hall–Kier alpha value is -3.09. The van der Waals surface area contributed by atoms with Crippen molar-refractivity contribution in [2.24, 2.45) is 0 Å². The second-order valence-electron chi connectivity index (χ2n) is 7.38. The Morgan fingerprint density at radius 1 is 1.10 bits per heavy atom. The molecule has 5 nitrogen and oxygen atoms in total. The van der Waals surface area contributed by atoms with Gasteiger partial charge in [0.25, 0.3) is 11.7 Å². The second kappa shape index (κ2) is 8.21. The molecule has 2 heterocycles. The largest absolute Gasteiger partial charge is 0.507 e. The standard InChI is InChI=1S/C24H20ClNO4S/c1-13-9-14(2)11-16(10-13)26-21(19-5-4-8-31-19)20(23(28)24(26)29)22(27)15-6-7-17(25)18(12-15)30-3/h4-12,21,27H,1-3H3/b22-20-. The summed E-state index contributed by atoms with van der Waals surface area (Å²) in [6, 6.07) is 13.4. The van der Waals surface area contributed by atoms with Crippen molar-refractivity contribution in [3.05, 3.63) is 86.1 Å². The summed E-state index contributed by atoms with van der Waals surface area (Å²) in [5, 5.41) is 13.4. The number of aryl methyl sites for hydroxylation is 2. The molecule has 3 aromatic rings. The number of anilines is 1. The fraction of sp³-hybridized carbons (Fsp3) is 0.167. The molecule has 1 fully saturated rings. The summed E-state index contributed by atoms with van der Waals surface area (Å²) < 4.78 is 5.24. The Labute approximate surface area is 189 Å². The number of aliphatic hydroxyl groups is 1. The Balaban J connectivity index is 1.94. The number of nitrogens with zero attached hydrogens (tertiary/aromatic N) is 1. The highest BCUT2D eigenvalue weighted by Crippen LogP contribution is 2.44. The Morgan fingerprint density at radius 3 is 2.42 bits per heavy atom. The average molecular weight is 454 g/mol. The zero-order valence-electron chi connectivity index (χ0n) is 17.2. The van der Waals surface area contributed by atoms with E-state index >= 15 is 0 Å². The van der Waals surface area contributed by atoms with Crippen molar-refractivity contribution in [3.63, 3.8) is 0 Å². The highest BCUT2D eigenvalue weighted by atomic mass is 35.5. The summed E-state index contributed by atoms with van der Waals surface area (Å²) in [7, 11) is 1.47. The topological polar surface area (TPSA) is 66.8 Å². The number of carbonyl (C=O) groups is 2. The van der Waals surface area contributed by atoms with Gasteiger partial charge in [0.2, 0.25) is 0 Å². The number of carbonyl (C=O) groups excluding carboxylic acids is 2. The van der Waals surface area contributed by atoms with Crippen LogP contribution in [0.2, 0.25) is 5.02 Å². The minimum Gasteiger partial charge on any atom is -0.507 e. The quantitative estimate of drug-likeness (QED) is 0.315. The summed E-state index contributed by atoms with van der Waals surface area (Å²) in [4.78, 5) is 28.5. The van der Waals surface area contributed by atoms with Gasteiger partial charge < -0.3 is 9.84 Å². The maximum atomic E-state index is 13.1. The number of hydrogen-bond acceptors (Lipinski definition) is 5. The van der Waals surface area contributed by atoms with Crippen molar-refractivity contribution in [1.82, 2.24) is 0 Å². The van der Waals surface area contributed by atoms with Crippen molar-refractivity contribution < 1.29 is 19.4 Å². The second-order valence-corrected chi connectivity index (χ2v) is 8.77. The lowest BCUT2D eigenvalue weighted by atomic mass is 9.99. The van der Waals surface area contributed by atoms with Crippen LogP contribution >= 0.6 is 22.9 Å². The lowest BCUT2D eigenvalue weighted by Crippen LogP contribution is -2.29. The number of hydrogen-bond donors (Lipinski definition) is 1. The molecule has 0 spiro atoms. The van der Waals surface area contributed by atoms with E-state index in [9.17, 15) is 14.7 Å². The molecule has 1 atom stereocenters. The van der Waals surface area contributed by atoms with E-state index in [0.717, 1.165) is 16.0 Å². The first-order valence-corrected chi connectivity index (χ1v) is 10.8. The van der Waals surface area contributed by atoms with Crippen molar-refractivity contribution in [2.75, 3.05) is 12.0 Å². The van der Waals surface area contributed by atoms with E-state index < -0.39 is 17.7 Å². The fourth-order valence-corrected chi connectivity index (χ4v) is 4.89. The molecular formula is C24H20ClNO4S. The third kappa shape index (κ3) is 3.73. The van der Waals surface area contributed by atoms with Gasteiger partial charge in [-0.2, -0.15) is 0 Å². The predicted octanol–water partition coefficient (Wildman–Crippen LogP) is 5.65. The number of aliphatic hydroxyl groups excluding tert-OH is 1. The van der Waals surface area contributed by atoms with Gasteiger partial charge in [0.05, 0.1) is 17.7 Å². The monoisotopic (exact) mass is 453 g/mol. The van der Waals surface area contributed by atoms with Crippen molar-refractivity contribution in [1.29, 1.82) is 0 Å². The van der Waals surface area contributed by atoms with Gasteiger partial charge in [0.1, 0.15) is 17.6 Å². The summed E-state index contributed by atoms with van der Waals surface area (Å²) in [6.45, 7) is 3.88. The molecule has 1 unspecified atom stereocenters. The molecule has 1 N–H and O–H groups in total. The van der Waals surface area contributed by atoms with E-state index in [2.05, 4.69) is 0 Å². The van der Waals surface area contributed by atoms with E-state index in [1.54, 1.807) is 18.2 Å². The summed E-state index contributed by atoms with van der Waals surface area (Å²) in [6.07, 6.45) is 0. The number of rotatable bonds is 4. The SMILES string of the molecule is COc1cc(/C(O)=C2/C(=O)C(=O)N(c3cc(C)cc(C)c3)C2c2cccs2)ccc1Cl. The van der Waals surface area contributed by atoms with E-state index in [1.165, 1.54) is 23.3 Å². The van der Waals surface area contributed by atoms with Gasteiger partial charge >= 0.3 is 0 Å². The van der Waals surface area contributed by atoms with Gasteiger partial charge in [-0.05, 0) is 66.8 Å². The van der Waals surface area contributed by atoms with Crippen molar-refractivity contribution in [3.8, 4) is 5.75 Å². The van der Waals surface area contributed by atoms with Crippen LogP contribution in [0, 0.1) is 13.8 Å². The lowest BCUT2D eigenvalue weighted by molar-refractivity contribution is -0.132. The van der Waals surface area contributed by atoms with E-state index in [0.29, 0.717) is 22.0 Å². The summed E-state index contributed by atoms with van der Waals surface area (Å²) in [5.74, 6) is -1.31. The summed E-state index contributed by atoms with van der Waals surface area (Å²) >= 11 is 7.53. The number of thiophene rings is 1. The van der Waals surface area contributed by atoms with Crippen LogP contribution in [-0.2, 0) is 9.59 Å². The minimum absolute atomic E-state index is 0.0379. The number of ether oxygens (including phenoxy) is 1. The smallest absolute Gasteiger partial charge is 0.300 e. The number of amides is 1. The number of ketones is 1.